The predicted octanol–water partition coefficient (Wildman–Crippen LogP) is 4.07. The minimum atomic E-state index is -0.148. The number of halogens is 1. The number of fused-ring (bicyclic) bond motifs is 1. The summed E-state index contributed by atoms with van der Waals surface area (Å²) in [6, 6.07) is 7.81. The summed E-state index contributed by atoms with van der Waals surface area (Å²) in [7, 11) is 0. The molecule has 1 heterocycles. The summed E-state index contributed by atoms with van der Waals surface area (Å²) < 4.78 is 14.2. The second kappa shape index (κ2) is 4.75. The van der Waals surface area contributed by atoms with Crippen molar-refractivity contribution in [1.82, 2.24) is 5.32 Å². The standard InChI is InChI=1S/C14H16FNS/c15-11-5-6-14-10(7-11)8-13(17-14)9-16-12-3-1-2-4-12/h5-8,12,16H,1-4,9H2. The van der Waals surface area contributed by atoms with Gasteiger partial charge in [-0.2, -0.15) is 0 Å². The van der Waals surface area contributed by atoms with Gasteiger partial charge >= 0.3 is 0 Å². The summed E-state index contributed by atoms with van der Waals surface area (Å²) in [5.41, 5.74) is 0. The van der Waals surface area contributed by atoms with E-state index in [2.05, 4.69) is 11.4 Å². The van der Waals surface area contributed by atoms with E-state index in [0.29, 0.717) is 6.04 Å². The van der Waals surface area contributed by atoms with Gasteiger partial charge in [-0.05, 0) is 42.5 Å². The molecule has 1 aliphatic carbocycles. The lowest BCUT2D eigenvalue weighted by atomic mass is 10.2. The van der Waals surface area contributed by atoms with E-state index in [4.69, 9.17) is 0 Å². The number of hydrogen-bond donors (Lipinski definition) is 1. The van der Waals surface area contributed by atoms with Gasteiger partial charge in [0.15, 0.2) is 0 Å². The Labute approximate surface area is 105 Å². The zero-order valence-electron chi connectivity index (χ0n) is 9.71. The van der Waals surface area contributed by atoms with E-state index in [1.165, 1.54) is 41.3 Å². The molecule has 3 heteroatoms. The highest BCUT2D eigenvalue weighted by Crippen LogP contribution is 2.27. The highest BCUT2D eigenvalue weighted by atomic mass is 32.1. The molecule has 0 atom stereocenters. The van der Waals surface area contributed by atoms with Gasteiger partial charge in [-0.25, -0.2) is 4.39 Å². The quantitative estimate of drug-likeness (QED) is 0.864. The first-order valence-corrected chi connectivity index (χ1v) is 7.04. The predicted molar refractivity (Wildman–Crippen MR) is 70.9 cm³/mol. The lowest BCUT2D eigenvalue weighted by molar-refractivity contribution is 0.527. The molecule has 1 aliphatic rings. The summed E-state index contributed by atoms with van der Waals surface area (Å²) >= 11 is 1.76. The van der Waals surface area contributed by atoms with Crippen LogP contribution in [-0.4, -0.2) is 6.04 Å². The van der Waals surface area contributed by atoms with Crippen LogP contribution >= 0.6 is 11.3 Å². The normalized spacial score (nSPS) is 17.0. The molecule has 0 unspecified atom stereocenters. The molecular formula is C14H16FNS. The van der Waals surface area contributed by atoms with Gasteiger partial charge in [-0.3, -0.25) is 0 Å². The molecule has 0 radical (unpaired) electrons. The molecule has 1 nitrogen and oxygen atoms in total. The van der Waals surface area contributed by atoms with E-state index in [1.807, 2.05) is 6.07 Å². The molecular weight excluding hydrogens is 233 g/mol. The first-order chi connectivity index (χ1) is 8.31. The average Bonchev–Trinajstić information content (AvgIpc) is 2.94. The lowest BCUT2D eigenvalue weighted by Gasteiger charge is -2.09. The van der Waals surface area contributed by atoms with Gasteiger partial charge in [-0.15, -0.1) is 11.3 Å². The average molecular weight is 249 g/mol. The Balaban J connectivity index is 1.72. The van der Waals surface area contributed by atoms with E-state index in [0.717, 1.165) is 11.9 Å². The number of hydrogen-bond acceptors (Lipinski definition) is 2. The second-order valence-electron chi connectivity index (χ2n) is 4.76. The molecule has 0 amide bonds. The van der Waals surface area contributed by atoms with Crippen LogP contribution in [0.1, 0.15) is 30.6 Å². The Bertz CT molecular complexity index is 514. The first kappa shape index (κ1) is 11.2. The molecule has 2 aromatic rings. The van der Waals surface area contributed by atoms with Gasteiger partial charge in [0.25, 0.3) is 0 Å². The van der Waals surface area contributed by atoms with Crippen LogP contribution in [0.25, 0.3) is 10.1 Å². The minimum Gasteiger partial charge on any atom is -0.309 e. The summed E-state index contributed by atoms with van der Waals surface area (Å²) in [4.78, 5) is 1.30. The van der Waals surface area contributed by atoms with E-state index < -0.39 is 0 Å². The molecule has 90 valence electrons. The molecule has 1 N–H and O–H groups in total. The van der Waals surface area contributed by atoms with Crippen LogP contribution in [0, 0.1) is 5.82 Å². The number of nitrogens with one attached hydrogen (secondary N) is 1. The van der Waals surface area contributed by atoms with Gasteiger partial charge in [0.05, 0.1) is 0 Å². The molecule has 3 rings (SSSR count). The van der Waals surface area contributed by atoms with E-state index in [9.17, 15) is 4.39 Å². The van der Waals surface area contributed by atoms with E-state index in [-0.39, 0.29) is 5.82 Å². The molecule has 1 aromatic carbocycles. The SMILES string of the molecule is Fc1ccc2sc(CNC3CCCC3)cc2c1. The molecule has 0 spiro atoms. The third-order valence-electron chi connectivity index (χ3n) is 3.45. The topological polar surface area (TPSA) is 12.0 Å². The number of benzene rings is 1. The summed E-state index contributed by atoms with van der Waals surface area (Å²) in [6.07, 6.45) is 5.32. The zero-order chi connectivity index (χ0) is 11.7. The maximum atomic E-state index is 13.1. The Morgan fingerprint density at radius 1 is 1.24 bits per heavy atom. The highest BCUT2D eigenvalue weighted by molar-refractivity contribution is 7.19. The van der Waals surface area contributed by atoms with Gasteiger partial charge in [0.1, 0.15) is 5.82 Å². The van der Waals surface area contributed by atoms with Crippen LogP contribution in [0.2, 0.25) is 0 Å². The van der Waals surface area contributed by atoms with Gasteiger partial charge in [0.2, 0.25) is 0 Å². The van der Waals surface area contributed by atoms with Crippen molar-refractivity contribution < 1.29 is 4.39 Å². The maximum absolute atomic E-state index is 13.1. The van der Waals surface area contributed by atoms with Crippen molar-refractivity contribution >= 4 is 21.4 Å². The first-order valence-electron chi connectivity index (χ1n) is 6.22. The highest BCUT2D eigenvalue weighted by Gasteiger charge is 2.14. The van der Waals surface area contributed by atoms with Crippen molar-refractivity contribution in [3.05, 3.63) is 35.0 Å². The Hall–Kier alpha value is -0.930. The molecule has 17 heavy (non-hydrogen) atoms. The maximum Gasteiger partial charge on any atom is 0.123 e. The van der Waals surface area contributed by atoms with Crippen LogP contribution in [-0.2, 0) is 6.54 Å². The van der Waals surface area contributed by atoms with Gasteiger partial charge in [0, 0.05) is 22.2 Å². The third kappa shape index (κ3) is 2.50. The van der Waals surface area contributed by atoms with Crippen molar-refractivity contribution in [3.63, 3.8) is 0 Å². The van der Waals surface area contributed by atoms with Crippen molar-refractivity contribution in [2.45, 2.75) is 38.3 Å². The van der Waals surface area contributed by atoms with Crippen LogP contribution < -0.4 is 5.32 Å². The second-order valence-corrected chi connectivity index (χ2v) is 5.93. The molecule has 1 fully saturated rings. The molecule has 1 saturated carbocycles. The lowest BCUT2D eigenvalue weighted by Crippen LogP contribution is -2.24. The van der Waals surface area contributed by atoms with Gasteiger partial charge < -0.3 is 5.32 Å². The number of rotatable bonds is 3. The molecule has 0 aliphatic heterocycles. The van der Waals surface area contributed by atoms with Gasteiger partial charge in [-0.1, -0.05) is 12.8 Å². The van der Waals surface area contributed by atoms with E-state index in [1.54, 1.807) is 17.4 Å². The molecule has 0 saturated heterocycles. The van der Waals surface area contributed by atoms with Crippen molar-refractivity contribution in [1.29, 1.82) is 0 Å². The third-order valence-corrected chi connectivity index (χ3v) is 4.57. The van der Waals surface area contributed by atoms with Crippen molar-refractivity contribution in [3.8, 4) is 0 Å². The van der Waals surface area contributed by atoms with Crippen LogP contribution in [0.3, 0.4) is 0 Å². The van der Waals surface area contributed by atoms with E-state index >= 15 is 0 Å². The van der Waals surface area contributed by atoms with Crippen molar-refractivity contribution in [2.75, 3.05) is 0 Å². The molecule has 0 bridgehead atoms. The fraction of sp³-hybridized carbons (Fsp3) is 0.429. The monoisotopic (exact) mass is 249 g/mol. The fourth-order valence-electron chi connectivity index (χ4n) is 2.53. The summed E-state index contributed by atoms with van der Waals surface area (Å²) in [5.74, 6) is -0.148. The zero-order valence-corrected chi connectivity index (χ0v) is 10.5. The fourth-order valence-corrected chi connectivity index (χ4v) is 3.53. The Morgan fingerprint density at radius 3 is 2.88 bits per heavy atom. The number of thiophene rings is 1. The largest absolute Gasteiger partial charge is 0.309 e. The summed E-state index contributed by atoms with van der Waals surface area (Å²) in [5, 5.41) is 4.62. The van der Waals surface area contributed by atoms with Crippen LogP contribution in [0.4, 0.5) is 4.39 Å². The minimum absolute atomic E-state index is 0.148. The van der Waals surface area contributed by atoms with Crippen molar-refractivity contribution in [2.24, 2.45) is 0 Å². The Kier molecular flexibility index (Phi) is 3.12. The smallest absolute Gasteiger partial charge is 0.123 e. The van der Waals surface area contributed by atoms with Crippen LogP contribution in [0.15, 0.2) is 24.3 Å². The van der Waals surface area contributed by atoms with Crippen LogP contribution in [0.5, 0.6) is 0 Å². The Morgan fingerprint density at radius 2 is 2.06 bits per heavy atom. The molecule has 1 aromatic heterocycles. The summed E-state index contributed by atoms with van der Waals surface area (Å²) in [6.45, 7) is 0.922.